The highest BCUT2D eigenvalue weighted by Crippen LogP contribution is 2.28. The summed E-state index contributed by atoms with van der Waals surface area (Å²) < 4.78 is 63.5. The molecule has 5 rings (SSSR count). The number of hydrazone groups is 1. The van der Waals surface area contributed by atoms with Crippen LogP contribution in [0.2, 0.25) is 0 Å². The molecular weight excluding hydrogens is 533 g/mol. The number of ketones is 1. The Hall–Kier alpha value is -3.61. The van der Waals surface area contributed by atoms with E-state index in [2.05, 4.69) is 21.1 Å². The fraction of sp³-hybridized carbons (Fsp3) is 0.423. The Kier molecular flexibility index (Phi) is 7.27. The number of aromatic nitrogens is 2. The molecule has 0 unspecified atom stereocenters. The molecule has 0 amide bonds. The molecule has 0 bridgehead atoms. The van der Waals surface area contributed by atoms with Gasteiger partial charge in [0.2, 0.25) is 0 Å². The van der Waals surface area contributed by atoms with E-state index in [0.29, 0.717) is 37.0 Å². The number of imidazole rings is 1. The van der Waals surface area contributed by atoms with Gasteiger partial charge >= 0.3 is 15.5 Å². The first-order valence-corrected chi connectivity index (χ1v) is 14.3. The molecule has 39 heavy (non-hydrogen) atoms. The van der Waals surface area contributed by atoms with Crippen molar-refractivity contribution in [3.8, 4) is 0 Å². The number of aryl methyl sites for hydroxylation is 2. The van der Waals surface area contributed by atoms with E-state index in [1.807, 2.05) is 35.7 Å². The van der Waals surface area contributed by atoms with E-state index in [1.165, 1.54) is 5.01 Å². The smallest absolute Gasteiger partial charge is 0.370 e. The number of sulfonamides is 1. The molecule has 9 nitrogen and oxygen atoms in total. The summed E-state index contributed by atoms with van der Waals surface area (Å²) in [6, 6.07) is 11.2. The van der Waals surface area contributed by atoms with E-state index >= 15 is 0 Å². The van der Waals surface area contributed by atoms with Gasteiger partial charge in [0.1, 0.15) is 17.7 Å². The van der Waals surface area contributed by atoms with Gasteiger partial charge in [-0.15, -0.1) is 0 Å². The molecule has 0 aliphatic carbocycles. The summed E-state index contributed by atoms with van der Waals surface area (Å²) in [5.41, 5.74) is -0.619. The van der Waals surface area contributed by atoms with Crippen LogP contribution in [0.25, 0.3) is 5.65 Å². The van der Waals surface area contributed by atoms with E-state index in [9.17, 15) is 26.4 Å². The van der Waals surface area contributed by atoms with Gasteiger partial charge in [-0.25, -0.2) is 9.29 Å². The van der Waals surface area contributed by atoms with E-state index in [-0.39, 0.29) is 23.2 Å². The van der Waals surface area contributed by atoms with E-state index < -0.39 is 15.5 Å². The molecule has 2 aliphatic heterocycles. The lowest BCUT2D eigenvalue weighted by atomic mass is 10.0. The molecule has 1 aromatic carbocycles. The molecule has 0 spiro atoms. The van der Waals surface area contributed by atoms with Gasteiger partial charge in [-0.2, -0.15) is 26.7 Å². The second-order valence-corrected chi connectivity index (χ2v) is 11.5. The van der Waals surface area contributed by atoms with Crippen LogP contribution in [0.5, 0.6) is 0 Å². The second-order valence-electron chi connectivity index (χ2n) is 9.58. The number of hydrogen-bond acceptors (Lipinski definition) is 7. The van der Waals surface area contributed by atoms with Crippen molar-refractivity contribution >= 4 is 39.2 Å². The highest BCUT2D eigenvalue weighted by molar-refractivity contribution is 7.90. The van der Waals surface area contributed by atoms with Crippen LogP contribution < -0.4 is 9.91 Å². The Bertz CT molecular complexity index is 1500. The molecule has 0 saturated carbocycles. The van der Waals surface area contributed by atoms with E-state index in [1.54, 1.807) is 12.1 Å². The van der Waals surface area contributed by atoms with Gasteiger partial charge in [0, 0.05) is 25.7 Å². The van der Waals surface area contributed by atoms with Crippen molar-refractivity contribution in [3.05, 3.63) is 59.5 Å². The first-order chi connectivity index (χ1) is 18.6. The van der Waals surface area contributed by atoms with Gasteiger partial charge in [-0.3, -0.25) is 14.2 Å². The predicted octanol–water partition coefficient (Wildman–Crippen LogP) is 4.23. The lowest BCUT2D eigenvalue weighted by Gasteiger charge is -2.29. The number of hydrogen-bond donors (Lipinski definition) is 0. The number of pyridine rings is 1. The average Bonchev–Trinajstić information content (AvgIpc) is 3.59. The monoisotopic (exact) mass is 562 g/mol. The molecule has 3 aromatic rings. The summed E-state index contributed by atoms with van der Waals surface area (Å²) in [5, 5.41) is 5.30. The number of halogens is 3. The normalized spacial score (nSPS) is 16.5. The molecule has 2 aromatic heterocycles. The minimum Gasteiger partial charge on any atom is -0.370 e. The zero-order chi connectivity index (χ0) is 27.8. The Morgan fingerprint density at radius 1 is 0.974 bits per heavy atom. The van der Waals surface area contributed by atoms with Crippen LogP contribution in [0, 0.1) is 0 Å². The summed E-state index contributed by atoms with van der Waals surface area (Å²) in [5.74, 6) is 0.00796. The van der Waals surface area contributed by atoms with Crippen molar-refractivity contribution in [1.82, 2.24) is 13.7 Å². The van der Waals surface area contributed by atoms with Crippen LogP contribution in [0.1, 0.15) is 47.9 Å². The molecule has 1 fully saturated rings. The number of Topliss-reactive ketones (excluding diaryl/α,β-unsaturated/α-hetero) is 1. The van der Waals surface area contributed by atoms with Crippen LogP contribution in [0.3, 0.4) is 0 Å². The summed E-state index contributed by atoms with van der Waals surface area (Å²) >= 11 is 0. The van der Waals surface area contributed by atoms with E-state index in [4.69, 9.17) is 0 Å². The number of fused-ring (bicyclic) bond motifs is 1. The fourth-order valence-corrected chi connectivity index (χ4v) is 5.69. The Morgan fingerprint density at radius 2 is 1.67 bits per heavy atom. The number of nitrogens with zero attached hydrogens (tertiary/aromatic N) is 6. The number of rotatable bonds is 8. The molecule has 0 N–H and O–H groups in total. The maximum atomic E-state index is 13.4. The molecule has 4 heterocycles. The number of carbonyl (C=O) groups excluding carboxylic acids is 1. The summed E-state index contributed by atoms with van der Waals surface area (Å²) in [6.07, 6.45) is 6.45. The van der Waals surface area contributed by atoms with Crippen molar-refractivity contribution < 1.29 is 26.4 Å². The highest BCUT2D eigenvalue weighted by atomic mass is 32.2. The third-order valence-electron chi connectivity index (χ3n) is 7.07. The van der Waals surface area contributed by atoms with Crippen LogP contribution in [0.15, 0.2) is 47.7 Å². The van der Waals surface area contributed by atoms with E-state index in [0.717, 1.165) is 48.5 Å². The van der Waals surface area contributed by atoms with Crippen LogP contribution >= 0.6 is 0 Å². The maximum absolute atomic E-state index is 13.4. The van der Waals surface area contributed by atoms with Crippen molar-refractivity contribution in [2.24, 2.45) is 5.10 Å². The summed E-state index contributed by atoms with van der Waals surface area (Å²) in [6.45, 7) is 3.60. The van der Waals surface area contributed by atoms with Gasteiger partial charge in [-0.1, -0.05) is 19.1 Å². The third-order valence-corrected chi connectivity index (χ3v) is 8.55. The highest BCUT2D eigenvalue weighted by Gasteiger charge is 2.50. The minimum atomic E-state index is -5.46. The number of carbonyl (C=O) groups is 1. The minimum absolute atomic E-state index is 0.00796. The standard InChI is InChI=1S/C26H29F3N6O3S/c1-2-22-25(34-17-21(10-12-24(34)31-22)32-13-3-4-14-32)23(36)11-7-19-5-8-20(9-6-19)35-16-15-33(18-30-35)39(37,38)26(27,28)29/h5-6,8-10,12,17-18H,2-4,7,11,13-16H2,1H3. The van der Waals surface area contributed by atoms with Crippen molar-refractivity contribution in [3.63, 3.8) is 0 Å². The molecule has 2 aliphatic rings. The van der Waals surface area contributed by atoms with Crippen molar-refractivity contribution in [2.75, 3.05) is 36.1 Å². The maximum Gasteiger partial charge on any atom is 0.516 e. The van der Waals surface area contributed by atoms with Crippen molar-refractivity contribution in [1.29, 1.82) is 0 Å². The van der Waals surface area contributed by atoms with Crippen LogP contribution in [0.4, 0.5) is 24.5 Å². The summed E-state index contributed by atoms with van der Waals surface area (Å²) in [7, 11) is -5.46. The van der Waals surface area contributed by atoms with Gasteiger partial charge in [0.15, 0.2) is 5.78 Å². The summed E-state index contributed by atoms with van der Waals surface area (Å²) in [4.78, 5) is 20.4. The first-order valence-electron chi connectivity index (χ1n) is 12.9. The van der Waals surface area contributed by atoms with Gasteiger partial charge in [0.05, 0.1) is 30.2 Å². The molecule has 1 saturated heterocycles. The SMILES string of the molecule is CCc1nc2ccc(N3CCCC3)cn2c1C(=O)CCc1ccc(N2CCN(S(=O)(=O)C(F)(F)F)C=N2)cc1. The lowest BCUT2D eigenvalue weighted by Crippen LogP contribution is -2.46. The van der Waals surface area contributed by atoms with Gasteiger partial charge in [-0.05, 0) is 55.5 Å². The third kappa shape index (κ3) is 5.32. The fourth-order valence-electron chi connectivity index (χ4n) is 4.94. The quantitative estimate of drug-likeness (QED) is 0.382. The topological polar surface area (TPSA) is 90.6 Å². The number of benzene rings is 1. The van der Waals surface area contributed by atoms with Gasteiger partial charge in [0.25, 0.3) is 0 Å². The molecule has 208 valence electrons. The van der Waals surface area contributed by atoms with Crippen LogP contribution in [-0.2, 0) is 22.9 Å². The average molecular weight is 563 g/mol. The number of anilines is 2. The zero-order valence-electron chi connectivity index (χ0n) is 21.4. The number of alkyl halides is 3. The Morgan fingerprint density at radius 3 is 2.28 bits per heavy atom. The second kappa shape index (κ2) is 10.5. The Balaban J connectivity index is 1.26. The Labute approximate surface area is 224 Å². The molecular formula is C26H29F3N6O3S. The van der Waals surface area contributed by atoms with Crippen molar-refractivity contribution in [2.45, 2.75) is 44.5 Å². The molecule has 13 heteroatoms. The van der Waals surface area contributed by atoms with Gasteiger partial charge < -0.3 is 4.90 Å². The largest absolute Gasteiger partial charge is 0.516 e. The lowest BCUT2D eigenvalue weighted by molar-refractivity contribution is -0.0471. The molecule has 0 atom stereocenters. The zero-order valence-corrected chi connectivity index (χ0v) is 22.2. The first kappa shape index (κ1) is 27.0. The predicted molar refractivity (Wildman–Crippen MR) is 143 cm³/mol. The molecule has 0 radical (unpaired) electrons. The van der Waals surface area contributed by atoms with Crippen LogP contribution in [-0.4, -0.2) is 65.9 Å².